The van der Waals surface area contributed by atoms with Gasteiger partial charge >= 0.3 is 5.69 Å². The quantitative estimate of drug-likeness (QED) is 0.555. The molecule has 0 amide bonds. The van der Waals surface area contributed by atoms with Gasteiger partial charge in [0.15, 0.2) is 0 Å². The van der Waals surface area contributed by atoms with Crippen molar-refractivity contribution in [3.8, 4) is 0 Å². The minimum Gasteiger partial charge on any atom is -0.351 e. The Morgan fingerprint density at radius 3 is 2.44 bits per heavy atom. The summed E-state index contributed by atoms with van der Waals surface area (Å²) in [5.41, 5.74) is 2.01. The Morgan fingerprint density at radius 1 is 1.11 bits per heavy atom. The van der Waals surface area contributed by atoms with Gasteiger partial charge in [-0.05, 0) is 43.4 Å². The summed E-state index contributed by atoms with van der Waals surface area (Å²) in [6, 6.07) is 8.01. The van der Waals surface area contributed by atoms with Crippen LogP contribution in [0, 0.1) is 10.1 Å². The van der Waals surface area contributed by atoms with Crippen LogP contribution in [0.5, 0.6) is 0 Å². The van der Waals surface area contributed by atoms with Gasteiger partial charge in [-0.1, -0.05) is 38.3 Å². The molecule has 2 aromatic rings. The van der Waals surface area contributed by atoms with Crippen molar-refractivity contribution < 1.29 is 4.92 Å². The van der Waals surface area contributed by atoms with Crippen molar-refractivity contribution in [3.63, 3.8) is 0 Å². The first-order valence-corrected chi connectivity index (χ1v) is 9.79. The van der Waals surface area contributed by atoms with Crippen LogP contribution in [0.1, 0.15) is 51.0 Å². The summed E-state index contributed by atoms with van der Waals surface area (Å²) in [5.74, 6) is 0.662. The molecule has 1 fully saturated rings. The highest BCUT2D eigenvalue weighted by molar-refractivity contribution is 5.74. The number of rotatable bonds is 7. The third-order valence-electron chi connectivity index (χ3n) is 4.93. The number of anilines is 3. The highest BCUT2D eigenvalue weighted by Crippen LogP contribution is 2.34. The number of aryl methyl sites for hydroxylation is 1. The smallest absolute Gasteiger partial charge is 0.351 e. The summed E-state index contributed by atoms with van der Waals surface area (Å²) >= 11 is 0. The minimum absolute atomic E-state index is 0.0468. The van der Waals surface area contributed by atoms with Crippen LogP contribution in [-0.4, -0.2) is 28.0 Å². The first-order valence-electron chi connectivity index (χ1n) is 9.79. The van der Waals surface area contributed by atoms with Gasteiger partial charge in [0.05, 0.1) is 4.92 Å². The van der Waals surface area contributed by atoms with E-state index in [-0.39, 0.29) is 16.4 Å². The zero-order valence-corrected chi connectivity index (χ0v) is 15.9. The van der Waals surface area contributed by atoms with Crippen molar-refractivity contribution in [1.82, 2.24) is 9.97 Å². The van der Waals surface area contributed by atoms with Crippen LogP contribution in [0.15, 0.2) is 30.6 Å². The molecular formula is C20H27N5O2. The molecule has 7 heteroatoms. The highest BCUT2D eigenvalue weighted by atomic mass is 16.6. The van der Waals surface area contributed by atoms with Gasteiger partial charge in [-0.3, -0.25) is 10.1 Å². The van der Waals surface area contributed by atoms with Crippen LogP contribution < -0.4 is 10.2 Å². The van der Waals surface area contributed by atoms with E-state index in [4.69, 9.17) is 0 Å². The number of hydrogen-bond acceptors (Lipinski definition) is 6. The van der Waals surface area contributed by atoms with Crippen LogP contribution in [0.4, 0.5) is 23.0 Å². The van der Waals surface area contributed by atoms with E-state index in [0.29, 0.717) is 5.82 Å². The maximum absolute atomic E-state index is 11.8. The molecule has 1 aromatic heterocycles. The van der Waals surface area contributed by atoms with Gasteiger partial charge in [0, 0.05) is 18.8 Å². The van der Waals surface area contributed by atoms with Gasteiger partial charge < -0.3 is 10.2 Å². The lowest BCUT2D eigenvalue weighted by atomic mass is 10.1. The second kappa shape index (κ2) is 9.30. The fourth-order valence-electron chi connectivity index (χ4n) is 3.42. The topological polar surface area (TPSA) is 84.2 Å². The SMILES string of the molecule is CCCCc1ccc(Nc2ncnc(N3CCCCCC3)c2[N+](=O)[O-])cc1. The molecule has 1 aromatic carbocycles. The molecule has 0 atom stereocenters. The highest BCUT2D eigenvalue weighted by Gasteiger charge is 2.27. The van der Waals surface area contributed by atoms with Gasteiger partial charge in [0.25, 0.3) is 0 Å². The van der Waals surface area contributed by atoms with E-state index in [1.165, 1.54) is 11.9 Å². The molecule has 2 heterocycles. The predicted molar refractivity (Wildman–Crippen MR) is 108 cm³/mol. The Hall–Kier alpha value is -2.70. The third-order valence-corrected chi connectivity index (χ3v) is 4.93. The Labute approximate surface area is 160 Å². The molecule has 0 saturated carbocycles. The van der Waals surface area contributed by atoms with Crippen LogP contribution in [-0.2, 0) is 6.42 Å². The molecule has 1 aliphatic rings. The average Bonchev–Trinajstić information content (AvgIpc) is 2.96. The van der Waals surface area contributed by atoms with E-state index in [1.807, 2.05) is 17.0 Å². The van der Waals surface area contributed by atoms with E-state index in [9.17, 15) is 10.1 Å². The van der Waals surface area contributed by atoms with E-state index >= 15 is 0 Å². The second-order valence-corrected chi connectivity index (χ2v) is 6.98. The fourth-order valence-corrected chi connectivity index (χ4v) is 3.42. The lowest BCUT2D eigenvalue weighted by Gasteiger charge is -2.21. The maximum atomic E-state index is 11.8. The third kappa shape index (κ3) is 4.93. The standard InChI is InChI=1S/C20H27N5O2/c1-2-3-8-16-9-11-17(12-10-16)23-19-18(25(26)27)20(22-15-21-19)24-13-6-4-5-7-14-24/h9-12,15H,2-8,13-14H2,1H3,(H,21,22,23). The predicted octanol–water partition coefficient (Wildman–Crippen LogP) is 4.85. The number of unbranched alkanes of at least 4 members (excludes halogenated alkanes) is 1. The van der Waals surface area contributed by atoms with Crippen molar-refractivity contribution in [2.24, 2.45) is 0 Å². The number of nitrogens with zero attached hydrogens (tertiary/aromatic N) is 4. The summed E-state index contributed by atoms with van der Waals surface area (Å²) in [7, 11) is 0. The Bertz CT molecular complexity index is 755. The number of nitro groups is 1. The molecule has 144 valence electrons. The molecule has 0 spiro atoms. The van der Waals surface area contributed by atoms with Gasteiger partial charge in [0.1, 0.15) is 6.33 Å². The van der Waals surface area contributed by atoms with Gasteiger partial charge in [-0.2, -0.15) is 0 Å². The molecule has 0 bridgehead atoms. The number of nitrogens with one attached hydrogen (secondary N) is 1. The molecule has 7 nitrogen and oxygen atoms in total. The zero-order valence-electron chi connectivity index (χ0n) is 15.9. The van der Waals surface area contributed by atoms with Crippen LogP contribution in [0.25, 0.3) is 0 Å². The van der Waals surface area contributed by atoms with Crippen molar-refractivity contribution in [3.05, 3.63) is 46.3 Å². The normalized spacial score (nSPS) is 14.6. The number of aromatic nitrogens is 2. The first-order chi connectivity index (χ1) is 13.2. The van der Waals surface area contributed by atoms with Crippen molar-refractivity contribution in [2.45, 2.75) is 51.9 Å². The monoisotopic (exact) mass is 369 g/mol. The Balaban J connectivity index is 1.84. The van der Waals surface area contributed by atoms with Gasteiger partial charge in [-0.25, -0.2) is 9.97 Å². The summed E-state index contributed by atoms with van der Waals surface area (Å²) in [4.78, 5) is 21.8. The van der Waals surface area contributed by atoms with E-state index < -0.39 is 0 Å². The van der Waals surface area contributed by atoms with Crippen molar-refractivity contribution >= 4 is 23.0 Å². The van der Waals surface area contributed by atoms with E-state index in [0.717, 1.165) is 63.7 Å². The first kappa shape index (κ1) is 19.1. The fraction of sp³-hybridized carbons (Fsp3) is 0.500. The summed E-state index contributed by atoms with van der Waals surface area (Å²) < 4.78 is 0. The van der Waals surface area contributed by atoms with Crippen LogP contribution in [0.2, 0.25) is 0 Å². The molecular weight excluding hydrogens is 342 g/mol. The molecule has 0 aliphatic carbocycles. The second-order valence-electron chi connectivity index (χ2n) is 6.98. The lowest BCUT2D eigenvalue weighted by Crippen LogP contribution is -2.26. The Morgan fingerprint density at radius 2 is 1.81 bits per heavy atom. The molecule has 3 rings (SSSR count). The van der Waals surface area contributed by atoms with Gasteiger partial charge in [-0.15, -0.1) is 0 Å². The molecule has 0 unspecified atom stereocenters. The van der Waals surface area contributed by atoms with Crippen molar-refractivity contribution in [2.75, 3.05) is 23.3 Å². The van der Waals surface area contributed by atoms with Crippen LogP contribution in [0.3, 0.4) is 0 Å². The molecule has 27 heavy (non-hydrogen) atoms. The molecule has 1 saturated heterocycles. The molecule has 0 radical (unpaired) electrons. The number of benzene rings is 1. The lowest BCUT2D eigenvalue weighted by molar-refractivity contribution is -0.383. The molecule has 1 aliphatic heterocycles. The van der Waals surface area contributed by atoms with E-state index in [2.05, 4.69) is 34.3 Å². The molecule has 1 N–H and O–H groups in total. The summed E-state index contributed by atoms with van der Waals surface area (Å²) in [6.45, 7) is 3.76. The summed E-state index contributed by atoms with van der Waals surface area (Å²) in [6.07, 6.45) is 9.15. The van der Waals surface area contributed by atoms with E-state index in [1.54, 1.807) is 0 Å². The number of hydrogen-bond donors (Lipinski definition) is 1. The van der Waals surface area contributed by atoms with Gasteiger partial charge in [0.2, 0.25) is 11.6 Å². The minimum atomic E-state index is -0.377. The average molecular weight is 369 g/mol. The van der Waals surface area contributed by atoms with Crippen LogP contribution >= 0.6 is 0 Å². The van der Waals surface area contributed by atoms with Crippen molar-refractivity contribution in [1.29, 1.82) is 0 Å². The Kier molecular flexibility index (Phi) is 6.57. The zero-order chi connectivity index (χ0) is 19.1. The largest absolute Gasteiger partial charge is 0.353 e. The summed E-state index contributed by atoms with van der Waals surface area (Å²) in [5, 5.41) is 14.9. The maximum Gasteiger partial charge on any atom is 0.353 e.